The Labute approximate surface area is 138 Å². The molecule has 0 bridgehead atoms. The van der Waals surface area contributed by atoms with Gasteiger partial charge >= 0.3 is 0 Å². The highest BCUT2D eigenvalue weighted by Crippen LogP contribution is 2.29. The Balaban J connectivity index is 2.67. The highest BCUT2D eigenvalue weighted by Gasteiger charge is 2.18. The Kier molecular flexibility index (Phi) is 7.35. The molecule has 1 aromatic rings. The standard InChI is InChI=1S/C16H25NO5S/c1-12(2)7-9-17-16(18)8-10-23(19,20)13-5-6-14(21-3)15(11-13)22-4/h5-6,11-12H,7-10H2,1-4H3,(H,17,18). The van der Waals surface area contributed by atoms with Crippen LogP contribution in [0.3, 0.4) is 0 Å². The van der Waals surface area contributed by atoms with E-state index >= 15 is 0 Å². The molecule has 6 nitrogen and oxygen atoms in total. The van der Waals surface area contributed by atoms with Gasteiger partial charge in [-0.05, 0) is 24.5 Å². The molecule has 0 fully saturated rings. The number of ether oxygens (including phenoxy) is 2. The molecule has 1 rings (SSSR count). The van der Waals surface area contributed by atoms with Crippen LogP contribution >= 0.6 is 0 Å². The van der Waals surface area contributed by atoms with Crippen molar-refractivity contribution in [3.63, 3.8) is 0 Å². The van der Waals surface area contributed by atoms with Gasteiger partial charge in [0.2, 0.25) is 5.91 Å². The minimum absolute atomic E-state index is 0.0607. The molecular formula is C16H25NO5S. The average molecular weight is 343 g/mol. The van der Waals surface area contributed by atoms with E-state index in [1.165, 1.54) is 32.4 Å². The van der Waals surface area contributed by atoms with Gasteiger partial charge in [-0.1, -0.05) is 13.8 Å². The lowest BCUT2D eigenvalue weighted by atomic mass is 10.1. The number of benzene rings is 1. The maximum atomic E-state index is 12.3. The van der Waals surface area contributed by atoms with Gasteiger partial charge in [0.15, 0.2) is 21.3 Å². The number of nitrogens with one attached hydrogen (secondary N) is 1. The van der Waals surface area contributed by atoms with E-state index in [1.54, 1.807) is 0 Å². The molecule has 0 radical (unpaired) electrons. The molecule has 130 valence electrons. The van der Waals surface area contributed by atoms with Crippen LogP contribution in [-0.2, 0) is 14.6 Å². The van der Waals surface area contributed by atoms with Crippen molar-refractivity contribution in [1.82, 2.24) is 5.32 Å². The minimum atomic E-state index is -3.55. The fraction of sp³-hybridized carbons (Fsp3) is 0.562. The second-order valence-electron chi connectivity index (χ2n) is 5.62. The number of rotatable bonds is 9. The van der Waals surface area contributed by atoms with E-state index < -0.39 is 9.84 Å². The quantitative estimate of drug-likeness (QED) is 0.742. The number of carbonyl (C=O) groups excluding carboxylic acids is 1. The third kappa shape index (κ3) is 6.09. The van der Waals surface area contributed by atoms with E-state index in [0.29, 0.717) is 24.0 Å². The molecule has 0 aliphatic carbocycles. The highest BCUT2D eigenvalue weighted by molar-refractivity contribution is 7.91. The number of hydrogen-bond donors (Lipinski definition) is 1. The molecule has 0 saturated heterocycles. The third-order valence-corrected chi connectivity index (χ3v) is 5.07. The van der Waals surface area contributed by atoms with Gasteiger partial charge in [0.25, 0.3) is 0 Å². The van der Waals surface area contributed by atoms with E-state index in [2.05, 4.69) is 19.2 Å². The Morgan fingerprint density at radius 2 is 1.83 bits per heavy atom. The van der Waals surface area contributed by atoms with Crippen LogP contribution in [0.15, 0.2) is 23.1 Å². The molecule has 0 unspecified atom stereocenters. The van der Waals surface area contributed by atoms with Crippen LogP contribution < -0.4 is 14.8 Å². The number of amides is 1. The topological polar surface area (TPSA) is 81.7 Å². The van der Waals surface area contributed by atoms with Crippen LogP contribution in [0.5, 0.6) is 11.5 Å². The Bertz CT molecular complexity index is 625. The van der Waals surface area contributed by atoms with E-state index in [-0.39, 0.29) is 23.0 Å². The van der Waals surface area contributed by atoms with Crippen molar-refractivity contribution in [2.45, 2.75) is 31.6 Å². The summed E-state index contributed by atoms with van der Waals surface area (Å²) in [4.78, 5) is 11.8. The molecule has 0 atom stereocenters. The minimum Gasteiger partial charge on any atom is -0.493 e. The maximum absolute atomic E-state index is 12.3. The number of carbonyl (C=O) groups is 1. The second-order valence-corrected chi connectivity index (χ2v) is 7.73. The molecule has 23 heavy (non-hydrogen) atoms. The van der Waals surface area contributed by atoms with Gasteiger partial charge in [-0.3, -0.25) is 4.79 Å². The first-order valence-corrected chi connectivity index (χ1v) is 9.17. The zero-order valence-electron chi connectivity index (χ0n) is 14.1. The predicted octanol–water partition coefficient (Wildman–Crippen LogP) is 2.03. The summed E-state index contributed by atoms with van der Waals surface area (Å²) in [5, 5.41) is 2.73. The fourth-order valence-corrected chi connectivity index (χ4v) is 3.20. The lowest BCUT2D eigenvalue weighted by Crippen LogP contribution is -2.27. The van der Waals surface area contributed by atoms with Crippen molar-refractivity contribution in [2.75, 3.05) is 26.5 Å². The SMILES string of the molecule is COc1ccc(S(=O)(=O)CCC(=O)NCCC(C)C)cc1OC. The normalized spacial score (nSPS) is 11.3. The van der Waals surface area contributed by atoms with Crippen molar-refractivity contribution < 1.29 is 22.7 Å². The molecule has 0 heterocycles. The first-order chi connectivity index (χ1) is 10.8. The third-order valence-electron chi connectivity index (χ3n) is 3.36. The van der Waals surface area contributed by atoms with Crippen molar-refractivity contribution in [2.24, 2.45) is 5.92 Å². The van der Waals surface area contributed by atoms with Gasteiger partial charge in [-0.15, -0.1) is 0 Å². The van der Waals surface area contributed by atoms with Gasteiger partial charge in [-0.25, -0.2) is 8.42 Å². The largest absolute Gasteiger partial charge is 0.493 e. The molecule has 1 aromatic carbocycles. The van der Waals surface area contributed by atoms with Crippen LogP contribution in [0.1, 0.15) is 26.7 Å². The zero-order valence-corrected chi connectivity index (χ0v) is 14.9. The molecule has 1 N–H and O–H groups in total. The van der Waals surface area contributed by atoms with Crippen molar-refractivity contribution in [3.05, 3.63) is 18.2 Å². The van der Waals surface area contributed by atoms with Crippen molar-refractivity contribution in [3.8, 4) is 11.5 Å². The van der Waals surface area contributed by atoms with Gasteiger partial charge in [-0.2, -0.15) is 0 Å². The lowest BCUT2D eigenvalue weighted by Gasteiger charge is -2.10. The lowest BCUT2D eigenvalue weighted by molar-refractivity contribution is -0.120. The number of methoxy groups -OCH3 is 2. The summed E-state index contributed by atoms with van der Waals surface area (Å²) in [6.45, 7) is 4.69. The first-order valence-electron chi connectivity index (χ1n) is 7.51. The number of hydrogen-bond acceptors (Lipinski definition) is 5. The van der Waals surface area contributed by atoms with Crippen LogP contribution in [0.2, 0.25) is 0 Å². The van der Waals surface area contributed by atoms with Crippen molar-refractivity contribution >= 4 is 15.7 Å². The van der Waals surface area contributed by atoms with Crippen LogP contribution in [0, 0.1) is 5.92 Å². The predicted molar refractivity (Wildman–Crippen MR) is 88.7 cm³/mol. The van der Waals surface area contributed by atoms with Gasteiger partial charge in [0.1, 0.15) is 0 Å². The van der Waals surface area contributed by atoms with Crippen LogP contribution in [0.4, 0.5) is 0 Å². The number of sulfone groups is 1. The summed E-state index contributed by atoms with van der Waals surface area (Å²) in [6.07, 6.45) is 0.808. The Hall–Kier alpha value is -1.76. The first kappa shape index (κ1) is 19.3. The summed E-state index contributed by atoms with van der Waals surface area (Å²) >= 11 is 0. The zero-order chi connectivity index (χ0) is 17.5. The summed E-state index contributed by atoms with van der Waals surface area (Å²) in [7, 11) is -0.630. The summed E-state index contributed by atoms with van der Waals surface area (Å²) < 4.78 is 34.8. The summed E-state index contributed by atoms with van der Waals surface area (Å²) in [6, 6.07) is 4.40. The van der Waals surface area contributed by atoms with E-state index in [0.717, 1.165) is 6.42 Å². The molecule has 7 heteroatoms. The maximum Gasteiger partial charge on any atom is 0.221 e. The monoisotopic (exact) mass is 343 g/mol. The molecule has 0 aromatic heterocycles. The molecule has 0 aliphatic heterocycles. The Morgan fingerprint density at radius 3 is 2.39 bits per heavy atom. The molecule has 1 amide bonds. The molecule has 0 aliphatic rings. The van der Waals surface area contributed by atoms with E-state index in [4.69, 9.17) is 9.47 Å². The smallest absolute Gasteiger partial charge is 0.221 e. The van der Waals surface area contributed by atoms with E-state index in [9.17, 15) is 13.2 Å². The van der Waals surface area contributed by atoms with Crippen LogP contribution in [0.25, 0.3) is 0 Å². The highest BCUT2D eigenvalue weighted by atomic mass is 32.2. The van der Waals surface area contributed by atoms with Gasteiger partial charge < -0.3 is 14.8 Å². The summed E-state index contributed by atoms with van der Waals surface area (Å²) in [5.74, 6) is 0.795. The van der Waals surface area contributed by atoms with Gasteiger partial charge in [0.05, 0.1) is 24.9 Å². The fourth-order valence-electron chi connectivity index (χ4n) is 1.94. The molecular weight excluding hydrogens is 318 g/mol. The molecule has 0 spiro atoms. The van der Waals surface area contributed by atoms with E-state index in [1.807, 2.05) is 0 Å². The second kappa shape index (κ2) is 8.76. The van der Waals surface area contributed by atoms with Gasteiger partial charge in [0, 0.05) is 19.0 Å². The Morgan fingerprint density at radius 1 is 1.17 bits per heavy atom. The molecule has 0 saturated carbocycles. The average Bonchev–Trinajstić information content (AvgIpc) is 2.52. The van der Waals surface area contributed by atoms with Crippen LogP contribution in [-0.4, -0.2) is 40.8 Å². The summed E-state index contributed by atoms with van der Waals surface area (Å²) in [5.41, 5.74) is 0. The van der Waals surface area contributed by atoms with Crippen molar-refractivity contribution in [1.29, 1.82) is 0 Å².